The Hall–Kier alpha value is -2.64. The van der Waals surface area contributed by atoms with Crippen molar-refractivity contribution in [3.05, 3.63) is 64.1 Å². The molecule has 29 heavy (non-hydrogen) atoms. The number of pyridine rings is 1. The second-order valence-corrected chi connectivity index (χ2v) is 7.39. The Morgan fingerprint density at radius 1 is 1.03 bits per heavy atom. The minimum absolute atomic E-state index is 0.00789. The van der Waals surface area contributed by atoms with E-state index in [9.17, 15) is 19.8 Å². The second kappa shape index (κ2) is 10.2. The van der Waals surface area contributed by atoms with Crippen molar-refractivity contribution in [2.45, 2.75) is 44.3 Å². The summed E-state index contributed by atoms with van der Waals surface area (Å²) in [7, 11) is 0. The van der Waals surface area contributed by atoms with Crippen molar-refractivity contribution in [2.75, 3.05) is 19.7 Å². The van der Waals surface area contributed by atoms with Crippen LogP contribution in [0, 0.1) is 0 Å². The Labute approximate surface area is 170 Å². The van der Waals surface area contributed by atoms with Crippen LogP contribution in [0.3, 0.4) is 0 Å². The zero-order valence-corrected chi connectivity index (χ0v) is 16.4. The molecular formula is C22H28N2O5. The minimum atomic E-state index is -1.05. The van der Waals surface area contributed by atoms with Gasteiger partial charge in [-0.15, -0.1) is 0 Å². The third kappa shape index (κ3) is 5.92. The van der Waals surface area contributed by atoms with Crippen molar-refractivity contribution in [3.8, 4) is 5.75 Å². The van der Waals surface area contributed by atoms with Gasteiger partial charge < -0.3 is 24.8 Å². The number of benzene rings is 1. The summed E-state index contributed by atoms with van der Waals surface area (Å²) in [4.78, 5) is 28.3. The van der Waals surface area contributed by atoms with Crippen molar-refractivity contribution in [3.63, 3.8) is 0 Å². The highest BCUT2D eigenvalue weighted by Crippen LogP contribution is 2.21. The number of aryl methyl sites for hydroxylation is 1. The van der Waals surface area contributed by atoms with Gasteiger partial charge in [0.2, 0.25) is 5.56 Å². The number of para-hydroxylation sites is 1. The fraction of sp³-hybridized carbons (Fsp3) is 0.455. The van der Waals surface area contributed by atoms with Crippen molar-refractivity contribution in [2.24, 2.45) is 0 Å². The van der Waals surface area contributed by atoms with E-state index in [0.29, 0.717) is 18.7 Å². The molecule has 2 heterocycles. The van der Waals surface area contributed by atoms with Gasteiger partial charge in [0.25, 0.3) is 5.91 Å². The van der Waals surface area contributed by atoms with Crippen LogP contribution in [0.25, 0.3) is 0 Å². The van der Waals surface area contributed by atoms with Gasteiger partial charge in [-0.05, 0) is 43.4 Å². The molecule has 0 bridgehead atoms. The predicted molar refractivity (Wildman–Crippen MR) is 109 cm³/mol. The highest BCUT2D eigenvalue weighted by molar-refractivity contribution is 5.93. The highest BCUT2D eigenvalue weighted by atomic mass is 16.5. The monoisotopic (exact) mass is 400 g/mol. The topological polar surface area (TPSA) is 103 Å². The predicted octanol–water partition coefficient (Wildman–Crippen LogP) is 1.73. The average Bonchev–Trinajstić information content (AvgIpc) is 2.74. The summed E-state index contributed by atoms with van der Waals surface area (Å²) in [5.74, 6) is 0.544. The molecule has 0 spiro atoms. The summed E-state index contributed by atoms with van der Waals surface area (Å²) in [6.07, 6.45) is 3.19. The lowest BCUT2D eigenvalue weighted by atomic mass is 10.0. The molecule has 1 amide bonds. The zero-order chi connectivity index (χ0) is 20.6. The molecule has 7 heteroatoms. The molecule has 0 saturated heterocycles. The minimum Gasteiger partial charge on any atom is -0.491 e. The first-order valence-corrected chi connectivity index (χ1v) is 10.1. The quantitative estimate of drug-likeness (QED) is 0.677. The number of aromatic nitrogens is 1. The van der Waals surface area contributed by atoms with Crippen molar-refractivity contribution < 1.29 is 19.7 Å². The number of carbonyl (C=O) groups excluding carboxylic acids is 1. The van der Waals surface area contributed by atoms with Crippen LogP contribution in [0.15, 0.2) is 47.4 Å². The van der Waals surface area contributed by atoms with E-state index in [0.717, 1.165) is 37.0 Å². The van der Waals surface area contributed by atoms with Gasteiger partial charge in [0, 0.05) is 25.4 Å². The first kappa shape index (κ1) is 21.1. The van der Waals surface area contributed by atoms with Gasteiger partial charge in [0.05, 0.1) is 11.7 Å². The van der Waals surface area contributed by atoms with Gasteiger partial charge >= 0.3 is 0 Å². The fourth-order valence-electron chi connectivity index (χ4n) is 3.45. The molecule has 3 N–H and O–H groups in total. The Bertz CT molecular complexity index is 846. The number of carbonyl (C=O) groups is 1. The highest BCUT2D eigenvalue weighted by Gasteiger charge is 2.22. The number of nitrogens with zero attached hydrogens (tertiary/aromatic N) is 1. The van der Waals surface area contributed by atoms with Gasteiger partial charge in [-0.1, -0.05) is 24.6 Å². The zero-order valence-electron chi connectivity index (χ0n) is 16.4. The van der Waals surface area contributed by atoms with E-state index in [1.54, 1.807) is 4.90 Å². The Morgan fingerprint density at radius 3 is 2.66 bits per heavy atom. The molecule has 1 aliphatic rings. The smallest absolute Gasteiger partial charge is 0.255 e. The van der Waals surface area contributed by atoms with E-state index < -0.39 is 12.2 Å². The number of ether oxygens (including phenoxy) is 1. The molecule has 156 valence electrons. The number of hydrogen-bond donors (Lipinski definition) is 3. The number of hydrogen-bond acceptors (Lipinski definition) is 5. The van der Waals surface area contributed by atoms with Crippen LogP contribution >= 0.6 is 0 Å². The van der Waals surface area contributed by atoms with Crippen LogP contribution in [-0.4, -0.2) is 57.9 Å². The van der Waals surface area contributed by atoms with Gasteiger partial charge in [-0.2, -0.15) is 0 Å². The van der Waals surface area contributed by atoms with E-state index in [-0.39, 0.29) is 24.5 Å². The van der Waals surface area contributed by atoms with Crippen molar-refractivity contribution in [1.82, 2.24) is 9.88 Å². The van der Waals surface area contributed by atoms with E-state index >= 15 is 0 Å². The summed E-state index contributed by atoms with van der Waals surface area (Å²) in [6, 6.07) is 10.6. The molecule has 2 atom stereocenters. The average molecular weight is 400 g/mol. The van der Waals surface area contributed by atoms with Gasteiger partial charge in [0.1, 0.15) is 18.5 Å². The Morgan fingerprint density at radius 2 is 1.86 bits per heavy atom. The van der Waals surface area contributed by atoms with E-state index in [4.69, 9.17) is 4.74 Å². The van der Waals surface area contributed by atoms with Crippen LogP contribution in [0.5, 0.6) is 5.75 Å². The molecule has 2 aromatic rings. The maximum Gasteiger partial charge on any atom is 0.255 e. The van der Waals surface area contributed by atoms with E-state index in [1.807, 2.05) is 24.3 Å². The Kier molecular flexibility index (Phi) is 7.43. The van der Waals surface area contributed by atoms with Crippen LogP contribution in [0.1, 0.15) is 41.6 Å². The van der Waals surface area contributed by atoms with E-state index in [2.05, 4.69) is 4.98 Å². The first-order valence-electron chi connectivity index (χ1n) is 10.1. The SMILES string of the molecule is O=C(c1ccc(=O)[nH]c1)N1CCCCCc2ccccc2OC[C@@H](O)[C@@H](O)CC1. The number of H-pyrrole nitrogens is 1. The lowest BCUT2D eigenvalue weighted by Crippen LogP contribution is -2.38. The molecule has 0 radical (unpaired) electrons. The molecule has 1 aromatic carbocycles. The molecule has 1 aliphatic heterocycles. The van der Waals surface area contributed by atoms with Crippen LogP contribution in [0.2, 0.25) is 0 Å². The molecular weight excluding hydrogens is 372 g/mol. The number of aliphatic hydroxyl groups excluding tert-OH is 2. The Balaban J connectivity index is 1.71. The van der Waals surface area contributed by atoms with Crippen molar-refractivity contribution in [1.29, 1.82) is 0 Å². The fourth-order valence-corrected chi connectivity index (χ4v) is 3.45. The molecule has 3 rings (SSSR count). The molecule has 7 nitrogen and oxygen atoms in total. The van der Waals surface area contributed by atoms with Crippen LogP contribution < -0.4 is 10.3 Å². The number of nitrogens with one attached hydrogen (secondary N) is 1. The van der Waals surface area contributed by atoms with E-state index in [1.165, 1.54) is 18.3 Å². The number of fused-ring (bicyclic) bond motifs is 1. The largest absolute Gasteiger partial charge is 0.491 e. The van der Waals surface area contributed by atoms with Gasteiger partial charge in [0.15, 0.2) is 0 Å². The van der Waals surface area contributed by atoms with Crippen LogP contribution in [-0.2, 0) is 6.42 Å². The maximum atomic E-state index is 12.8. The van der Waals surface area contributed by atoms with Crippen molar-refractivity contribution >= 4 is 5.91 Å². The molecule has 0 saturated carbocycles. The third-order valence-corrected chi connectivity index (χ3v) is 5.21. The summed E-state index contributed by atoms with van der Waals surface area (Å²) in [5.41, 5.74) is 1.21. The number of amides is 1. The van der Waals surface area contributed by atoms with Gasteiger partial charge in [-0.25, -0.2) is 0 Å². The number of aromatic amines is 1. The summed E-state index contributed by atoms with van der Waals surface area (Å²) in [5, 5.41) is 20.6. The summed E-state index contributed by atoms with van der Waals surface area (Å²) >= 11 is 0. The maximum absolute atomic E-state index is 12.8. The number of aliphatic hydroxyl groups is 2. The normalized spacial score (nSPS) is 21.5. The molecule has 0 unspecified atom stereocenters. The molecule has 0 fully saturated rings. The molecule has 0 aliphatic carbocycles. The van der Waals surface area contributed by atoms with Gasteiger partial charge in [-0.3, -0.25) is 9.59 Å². The lowest BCUT2D eigenvalue weighted by Gasteiger charge is -2.26. The summed E-state index contributed by atoms with van der Waals surface area (Å²) < 4.78 is 5.75. The van der Waals surface area contributed by atoms with Crippen LogP contribution in [0.4, 0.5) is 0 Å². The standard InChI is InChI=1S/C22H28N2O5/c25-18-11-13-24(22(28)17-9-10-21(27)23-14-17)12-5-1-2-6-16-7-3-4-8-20(16)29-15-19(18)26/h3-4,7-10,14,18-19,25-26H,1-2,5-6,11-13,15H2,(H,23,27)/t18-,19+/m0/s1. The third-order valence-electron chi connectivity index (χ3n) is 5.21. The second-order valence-electron chi connectivity index (χ2n) is 7.39. The first-order chi connectivity index (χ1) is 14.0. The molecule has 1 aromatic heterocycles. The summed E-state index contributed by atoms with van der Waals surface area (Å²) in [6.45, 7) is 0.859. The lowest BCUT2D eigenvalue weighted by molar-refractivity contribution is -0.0153. The number of rotatable bonds is 1.